The van der Waals surface area contributed by atoms with E-state index in [0.717, 1.165) is 29.8 Å². The quantitative estimate of drug-likeness (QED) is 0.836. The molecule has 0 spiro atoms. The van der Waals surface area contributed by atoms with E-state index in [1.807, 2.05) is 10.7 Å². The van der Waals surface area contributed by atoms with Gasteiger partial charge in [0.05, 0.1) is 11.7 Å². The molecule has 88 valence electrons. The fraction of sp³-hybridized carbons (Fsp3) is 0.333. The Balaban J connectivity index is 2.08. The maximum Gasteiger partial charge on any atom is 0.117 e. The highest BCUT2D eigenvalue weighted by molar-refractivity contribution is 5.63. The molecule has 5 heteroatoms. The Morgan fingerprint density at radius 2 is 2.24 bits per heavy atom. The Morgan fingerprint density at radius 3 is 2.88 bits per heavy atom. The minimum Gasteiger partial charge on any atom is -0.508 e. The van der Waals surface area contributed by atoms with Crippen LogP contribution in [0.5, 0.6) is 5.75 Å². The third kappa shape index (κ3) is 1.78. The van der Waals surface area contributed by atoms with Crippen LogP contribution in [0.3, 0.4) is 0 Å². The number of hydrogen-bond donors (Lipinski definition) is 2. The number of nitrogens with two attached hydrogens (primary N) is 1. The molecule has 3 N–H and O–H groups in total. The Labute approximate surface area is 98.9 Å². The molecule has 1 aromatic heterocycles. The molecule has 3 rings (SSSR count). The van der Waals surface area contributed by atoms with Crippen molar-refractivity contribution in [3.63, 3.8) is 0 Å². The van der Waals surface area contributed by atoms with Crippen LogP contribution in [0.2, 0.25) is 0 Å². The highest BCUT2D eigenvalue weighted by atomic mass is 16.3. The first-order chi connectivity index (χ1) is 8.29. The van der Waals surface area contributed by atoms with Crippen LogP contribution < -0.4 is 5.73 Å². The zero-order valence-electron chi connectivity index (χ0n) is 9.37. The molecule has 0 radical (unpaired) electrons. The molecule has 1 aliphatic carbocycles. The molecule has 1 heterocycles. The van der Waals surface area contributed by atoms with Gasteiger partial charge >= 0.3 is 0 Å². The number of phenols is 1. The van der Waals surface area contributed by atoms with Crippen LogP contribution in [0.15, 0.2) is 24.3 Å². The van der Waals surface area contributed by atoms with Crippen LogP contribution >= 0.6 is 0 Å². The summed E-state index contributed by atoms with van der Waals surface area (Å²) in [5, 5.41) is 17.8. The molecule has 1 saturated carbocycles. The standard InChI is InChI=1S/C12H14N4O/c13-7-11-12(8-2-1-3-10(17)6-8)14-15-16(11)9-4-5-9/h1-3,6,9,17H,4-5,7,13H2. The lowest BCUT2D eigenvalue weighted by atomic mass is 10.1. The van der Waals surface area contributed by atoms with Crippen molar-refractivity contribution in [1.29, 1.82) is 0 Å². The maximum atomic E-state index is 9.48. The maximum absolute atomic E-state index is 9.48. The van der Waals surface area contributed by atoms with Crippen molar-refractivity contribution in [2.45, 2.75) is 25.4 Å². The zero-order chi connectivity index (χ0) is 11.8. The molecule has 1 aromatic carbocycles. The predicted octanol–water partition coefficient (Wildman–Crippen LogP) is 1.44. The van der Waals surface area contributed by atoms with Gasteiger partial charge in [-0.2, -0.15) is 0 Å². The van der Waals surface area contributed by atoms with Crippen LogP contribution in [0, 0.1) is 0 Å². The van der Waals surface area contributed by atoms with Crippen LogP contribution in [0.4, 0.5) is 0 Å². The van der Waals surface area contributed by atoms with Crippen molar-refractivity contribution in [3.05, 3.63) is 30.0 Å². The van der Waals surface area contributed by atoms with E-state index in [4.69, 9.17) is 5.73 Å². The van der Waals surface area contributed by atoms with E-state index in [9.17, 15) is 5.11 Å². The Bertz CT molecular complexity index is 545. The van der Waals surface area contributed by atoms with Crippen molar-refractivity contribution in [1.82, 2.24) is 15.0 Å². The number of nitrogens with zero attached hydrogens (tertiary/aromatic N) is 3. The normalized spacial score (nSPS) is 15.1. The molecule has 17 heavy (non-hydrogen) atoms. The average Bonchev–Trinajstić information content (AvgIpc) is 3.08. The van der Waals surface area contributed by atoms with E-state index in [0.29, 0.717) is 12.6 Å². The van der Waals surface area contributed by atoms with Crippen LogP contribution in [-0.4, -0.2) is 20.1 Å². The summed E-state index contributed by atoms with van der Waals surface area (Å²) in [5.74, 6) is 0.228. The zero-order valence-corrected chi connectivity index (χ0v) is 9.37. The summed E-state index contributed by atoms with van der Waals surface area (Å²) < 4.78 is 1.92. The van der Waals surface area contributed by atoms with Crippen molar-refractivity contribution in [3.8, 4) is 17.0 Å². The third-order valence-electron chi connectivity index (χ3n) is 3.00. The van der Waals surface area contributed by atoms with E-state index in [2.05, 4.69) is 10.3 Å². The number of aromatic nitrogens is 3. The van der Waals surface area contributed by atoms with E-state index in [1.165, 1.54) is 0 Å². The second kappa shape index (κ2) is 3.85. The molecule has 2 aromatic rings. The van der Waals surface area contributed by atoms with Gasteiger partial charge in [-0.3, -0.25) is 0 Å². The summed E-state index contributed by atoms with van der Waals surface area (Å²) >= 11 is 0. The van der Waals surface area contributed by atoms with Gasteiger partial charge in [0, 0.05) is 12.1 Å². The molecule has 5 nitrogen and oxygen atoms in total. The molecule has 0 unspecified atom stereocenters. The lowest BCUT2D eigenvalue weighted by molar-refractivity contribution is 0.475. The molecule has 0 bridgehead atoms. The highest BCUT2D eigenvalue weighted by Gasteiger charge is 2.28. The fourth-order valence-electron chi connectivity index (χ4n) is 1.99. The minimum atomic E-state index is 0.228. The van der Waals surface area contributed by atoms with Gasteiger partial charge in [0.2, 0.25) is 0 Å². The first kappa shape index (κ1) is 10.3. The monoisotopic (exact) mass is 230 g/mol. The van der Waals surface area contributed by atoms with Crippen molar-refractivity contribution in [2.75, 3.05) is 0 Å². The first-order valence-electron chi connectivity index (χ1n) is 5.73. The van der Waals surface area contributed by atoms with E-state index < -0.39 is 0 Å². The molecule has 0 aliphatic heterocycles. The Morgan fingerprint density at radius 1 is 1.41 bits per heavy atom. The van der Waals surface area contributed by atoms with Crippen molar-refractivity contribution < 1.29 is 5.11 Å². The van der Waals surface area contributed by atoms with Crippen molar-refractivity contribution in [2.24, 2.45) is 5.73 Å². The number of benzene rings is 1. The molecule has 1 fully saturated rings. The number of hydrogen-bond acceptors (Lipinski definition) is 4. The summed E-state index contributed by atoms with van der Waals surface area (Å²) in [6.07, 6.45) is 2.30. The number of phenolic OH excluding ortho intramolecular Hbond substituents is 1. The van der Waals surface area contributed by atoms with Crippen LogP contribution in [0.1, 0.15) is 24.6 Å². The topological polar surface area (TPSA) is 77.0 Å². The summed E-state index contributed by atoms with van der Waals surface area (Å²) in [6, 6.07) is 7.48. The van der Waals surface area contributed by atoms with Crippen LogP contribution in [0.25, 0.3) is 11.3 Å². The summed E-state index contributed by atoms with van der Waals surface area (Å²) in [4.78, 5) is 0. The second-order valence-corrected chi connectivity index (χ2v) is 4.31. The van der Waals surface area contributed by atoms with Gasteiger partial charge in [0.1, 0.15) is 11.4 Å². The molecule has 0 amide bonds. The van der Waals surface area contributed by atoms with E-state index in [1.54, 1.807) is 18.2 Å². The molecular formula is C12H14N4O. The van der Waals surface area contributed by atoms with Gasteiger partial charge in [-0.05, 0) is 25.0 Å². The van der Waals surface area contributed by atoms with Gasteiger partial charge in [0.25, 0.3) is 0 Å². The lowest BCUT2D eigenvalue weighted by Crippen LogP contribution is -2.08. The molecular weight excluding hydrogens is 216 g/mol. The Hall–Kier alpha value is -1.88. The second-order valence-electron chi connectivity index (χ2n) is 4.31. The smallest absolute Gasteiger partial charge is 0.117 e. The Kier molecular flexibility index (Phi) is 2.33. The van der Waals surface area contributed by atoms with Gasteiger partial charge in [-0.1, -0.05) is 17.3 Å². The predicted molar refractivity (Wildman–Crippen MR) is 63.3 cm³/mol. The SMILES string of the molecule is NCc1c(-c2cccc(O)c2)nnn1C1CC1. The summed E-state index contributed by atoms with van der Waals surface area (Å²) in [5.41, 5.74) is 8.35. The summed E-state index contributed by atoms with van der Waals surface area (Å²) in [6.45, 7) is 0.411. The number of rotatable bonds is 3. The average molecular weight is 230 g/mol. The minimum absolute atomic E-state index is 0.228. The van der Waals surface area contributed by atoms with Gasteiger partial charge in [0.15, 0.2) is 0 Å². The first-order valence-corrected chi connectivity index (χ1v) is 5.73. The number of aromatic hydroxyl groups is 1. The molecule has 1 aliphatic rings. The van der Waals surface area contributed by atoms with E-state index >= 15 is 0 Å². The fourth-order valence-corrected chi connectivity index (χ4v) is 1.99. The molecule has 0 atom stereocenters. The largest absolute Gasteiger partial charge is 0.508 e. The highest BCUT2D eigenvalue weighted by Crippen LogP contribution is 2.37. The lowest BCUT2D eigenvalue weighted by Gasteiger charge is -2.04. The summed E-state index contributed by atoms with van der Waals surface area (Å²) in [7, 11) is 0. The van der Waals surface area contributed by atoms with Crippen LogP contribution in [-0.2, 0) is 6.54 Å². The van der Waals surface area contributed by atoms with Gasteiger partial charge < -0.3 is 10.8 Å². The van der Waals surface area contributed by atoms with Gasteiger partial charge in [-0.15, -0.1) is 5.10 Å². The molecule has 0 saturated heterocycles. The third-order valence-corrected chi connectivity index (χ3v) is 3.00. The van der Waals surface area contributed by atoms with E-state index in [-0.39, 0.29) is 5.75 Å². The van der Waals surface area contributed by atoms with Gasteiger partial charge in [-0.25, -0.2) is 4.68 Å². The van der Waals surface area contributed by atoms with Crippen molar-refractivity contribution >= 4 is 0 Å².